The minimum Gasteiger partial charge on any atom is -0.494 e. The van der Waals surface area contributed by atoms with Crippen molar-refractivity contribution in [3.8, 4) is 22.9 Å². The summed E-state index contributed by atoms with van der Waals surface area (Å²) in [5.41, 5.74) is 2.45. The summed E-state index contributed by atoms with van der Waals surface area (Å²) in [6.07, 6.45) is 0.868. The molecule has 3 aromatic carbocycles. The zero-order chi connectivity index (χ0) is 25.8. The van der Waals surface area contributed by atoms with Crippen molar-refractivity contribution in [3.05, 3.63) is 88.5 Å². The first-order valence-corrected chi connectivity index (χ1v) is 12.9. The lowest BCUT2D eigenvalue weighted by atomic mass is 9.95. The van der Waals surface area contributed by atoms with Gasteiger partial charge < -0.3 is 19.5 Å². The second-order valence-corrected chi connectivity index (χ2v) is 9.47. The van der Waals surface area contributed by atoms with E-state index in [4.69, 9.17) is 19.2 Å². The van der Waals surface area contributed by atoms with E-state index in [1.807, 2.05) is 61.5 Å². The zero-order valence-electron chi connectivity index (χ0n) is 21.6. The molecule has 0 saturated carbocycles. The first-order chi connectivity index (χ1) is 18.0. The van der Waals surface area contributed by atoms with Crippen molar-refractivity contribution >= 4 is 10.9 Å². The molecule has 1 aliphatic heterocycles. The highest BCUT2D eigenvalue weighted by atomic mass is 16.5. The molecule has 5 rings (SSSR count). The molecular formula is C30H33N3O4. The van der Waals surface area contributed by atoms with E-state index < -0.39 is 0 Å². The maximum atomic E-state index is 13.6. The molecule has 192 valence electrons. The van der Waals surface area contributed by atoms with E-state index in [1.54, 1.807) is 4.57 Å². The van der Waals surface area contributed by atoms with Crippen LogP contribution in [0.5, 0.6) is 17.2 Å². The van der Waals surface area contributed by atoms with Crippen LogP contribution in [0.25, 0.3) is 16.6 Å². The van der Waals surface area contributed by atoms with Gasteiger partial charge in [-0.1, -0.05) is 32.0 Å². The summed E-state index contributed by atoms with van der Waals surface area (Å²) in [6, 6.07) is 21.2. The Hall–Kier alpha value is -3.84. The van der Waals surface area contributed by atoms with Gasteiger partial charge in [0.05, 0.1) is 43.0 Å². The number of aromatic nitrogens is 2. The normalized spacial score (nSPS) is 13.9. The largest absolute Gasteiger partial charge is 0.494 e. The Morgan fingerprint density at radius 1 is 1.00 bits per heavy atom. The zero-order valence-corrected chi connectivity index (χ0v) is 21.6. The molecule has 0 bridgehead atoms. The van der Waals surface area contributed by atoms with Crippen molar-refractivity contribution in [2.75, 3.05) is 19.8 Å². The molecule has 0 radical (unpaired) electrons. The van der Waals surface area contributed by atoms with E-state index in [9.17, 15) is 4.79 Å². The molecular weight excluding hydrogens is 466 g/mol. The second kappa shape index (κ2) is 11.0. The number of nitrogens with zero attached hydrogens (tertiary/aromatic N) is 2. The van der Waals surface area contributed by atoms with E-state index in [-0.39, 0.29) is 17.5 Å². The number of para-hydroxylation sites is 1. The maximum Gasteiger partial charge on any atom is 0.266 e. The van der Waals surface area contributed by atoms with Gasteiger partial charge in [-0.2, -0.15) is 0 Å². The molecule has 1 atom stereocenters. The van der Waals surface area contributed by atoms with Crippen LogP contribution in [0.3, 0.4) is 0 Å². The Morgan fingerprint density at radius 3 is 2.51 bits per heavy atom. The van der Waals surface area contributed by atoms with Crippen LogP contribution in [-0.2, 0) is 6.54 Å². The fraction of sp³-hybridized carbons (Fsp3) is 0.333. The van der Waals surface area contributed by atoms with Crippen LogP contribution >= 0.6 is 0 Å². The van der Waals surface area contributed by atoms with Crippen molar-refractivity contribution in [2.24, 2.45) is 5.92 Å². The third-order valence-corrected chi connectivity index (χ3v) is 6.53. The third-order valence-electron chi connectivity index (χ3n) is 6.53. The Morgan fingerprint density at radius 2 is 1.76 bits per heavy atom. The molecule has 0 spiro atoms. The van der Waals surface area contributed by atoms with Crippen molar-refractivity contribution in [1.82, 2.24) is 14.9 Å². The first-order valence-electron chi connectivity index (χ1n) is 12.9. The maximum absolute atomic E-state index is 13.6. The van der Waals surface area contributed by atoms with Crippen LogP contribution in [0.2, 0.25) is 0 Å². The van der Waals surface area contributed by atoms with Gasteiger partial charge in [-0.3, -0.25) is 9.36 Å². The summed E-state index contributed by atoms with van der Waals surface area (Å²) in [6.45, 7) is 8.60. The van der Waals surface area contributed by atoms with E-state index in [2.05, 4.69) is 31.3 Å². The van der Waals surface area contributed by atoms with Gasteiger partial charge in [0.15, 0.2) is 11.5 Å². The van der Waals surface area contributed by atoms with Gasteiger partial charge in [0.2, 0.25) is 0 Å². The molecule has 7 nitrogen and oxygen atoms in total. The van der Waals surface area contributed by atoms with Crippen molar-refractivity contribution in [1.29, 1.82) is 0 Å². The van der Waals surface area contributed by atoms with Gasteiger partial charge in [0, 0.05) is 12.5 Å². The molecule has 1 aromatic heterocycles. The van der Waals surface area contributed by atoms with E-state index in [1.165, 1.54) is 0 Å². The summed E-state index contributed by atoms with van der Waals surface area (Å²) in [5.74, 6) is 3.26. The standard InChI is InChI=1S/C30H33N3O4/c1-4-35-23-13-11-22(12-14-23)33-28(32-25-9-6-5-8-24(25)30(33)34)19-31-29(20(2)3)21-10-15-26-27(18-21)37-17-7-16-36-26/h5-6,8-15,18,20,29,31H,4,7,16-17,19H2,1-3H3/t29-/m0/s1. The van der Waals surface area contributed by atoms with Gasteiger partial charge >= 0.3 is 0 Å². The predicted molar refractivity (Wildman–Crippen MR) is 145 cm³/mol. The third kappa shape index (κ3) is 5.32. The Kier molecular flexibility index (Phi) is 7.42. The minimum absolute atomic E-state index is 0.0225. The molecule has 37 heavy (non-hydrogen) atoms. The Bertz CT molecular complexity index is 1430. The molecule has 1 aliphatic rings. The van der Waals surface area contributed by atoms with Gasteiger partial charge in [-0.05, 0) is 66.9 Å². The molecule has 0 fully saturated rings. The van der Waals surface area contributed by atoms with Gasteiger partial charge in [0.25, 0.3) is 5.56 Å². The van der Waals surface area contributed by atoms with Crippen LogP contribution in [0.1, 0.15) is 44.6 Å². The molecule has 1 N–H and O–H groups in total. The molecule has 0 saturated heterocycles. The lowest BCUT2D eigenvalue weighted by Crippen LogP contribution is -2.31. The van der Waals surface area contributed by atoms with Crippen molar-refractivity contribution < 1.29 is 14.2 Å². The summed E-state index contributed by atoms with van der Waals surface area (Å²) in [5, 5.41) is 4.25. The molecule has 7 heteroatoms. The topological polar surface area (TPSA) is 74.6 Å². The number of rotatable bonds is 8. The monoisotopic (exact) mass is 499 g/mol. The summed E-state index contributed by atoms with van der Waals surface area (Å²) >= 11 is 0. The van der Waals surface area contributed by atoms with E-state index in [0.29, 0.717) is 43.1 Å². The highest BCUT2D eigenvalue weighted by molar-refractivity contribution is 5.77. The van der Waals surface area contributed by atoms with E-state index in [0.717, 1.165) is 34.9 Å². The Labute approximate surface area is 217 Å². The van der Waals surface area contributed by atoms with Crippen LogP contribution in [0.4, 0.5) is 0 Å². The number of hydrogen-bond donors (Lipinski definition) is 1. The number of hydrogen-bond acceptors (Lipinski definition) is 6. The number of ether oxygens (including phenoxy) is 3. The average molecular weight is 500 g/mol. The van der Waals surface area contributed by atoms with Gasteiger partial charge in [-0.25, -0.2) is 4.98 Å². The number of benzene rings is 3. The Balaban J connectivity index is 1.50. The molecule has 0 amide bonds. The quantitative estimate of drug-likeness (QED) is 0.348. The van der Waals surface area contributed by atoms with E-state index >= 15 is 0 Å². The second-order valence-electron chi connectivity index (χ2n) is 9.47. The lowest BCUT2D eigenvalue weighted by Gasteiger charge is -2.25. The summed E-state index contributed by atoms with van der Waals surface area (Å²) in [7, 11) is 0. The van der Waals surface area contributed by atoms with Crippen molar-refractivity contribution in [2.45, 2.75) is 39.8 Å². The highest BCUT2D eigenvalue weighted by Crippen LogP contribution is 2.34. The minimum atomic E-state index is -0.0942. The lowest BCUT2D eigenvalue weighted by molar-refractivity contribution is 0.296. The van der Waals surface area contributed by atoms with Crippen LogP contribution < -0.4 is 25.1 Å². The smallest absolute Gasteiger partial charge is 0.266 e. The number of nitrogens with one attached hydrogen (secondary N) is 1. The first kappa shape index (κ1) is 24.8. The predicted octanol–water partition coefficient (Wildman–Crippen LogP) is 5.43. The van der Waals surface area contributed by atoms with Crippen LogP contribution in [0, 0.1) is 5.92 Å². The molecule has 2 heterocycles. The van der Waals surface area contributed by atoms with Crippen LogP contribution in [0.15, 0.2) is 71.5 Å². The molecule has 0 aliphatic carbocycles. The summed E-state index contributed by atoms with van der Waals surface area (Å²) in [4.78, 5) is 18.5. The fourth-order valence-corrected chi connectivity index (χ4v) is 4.73. The van der Waals surface area contributed by atoms with Crippen LogP contribution in [-0.4, -0.2) is 29.4 Å². The average Bonchev–Trinajstić information content (AvgIpc) is 3.15. The SMILES string of the molecule is CCOc1ccc(-n2c(CN[C@H](c3ccc4c(c3)OCCCO4)C(C)C)nc3ccccc3c2=O)cc1. The summed E-state index contributed by atoms with van der Waals surface area (Å²) < 4.78 is 19.0. The van der Waals surface area contributed by atoms with Gasteiger partial charge in [0.1, 0.15) is 11.6 Å². The van der Waals surface area contributed by atoms with Gasteiger partial charge in [-0.15, -0.1) is 0 Å². The fourth-order valence-electron chi connectivity index (χ4n) is 4.73. The molecule has 0 unspecified atom stereocenters. The van der Waals surface area contributed by atoms with Crippen molar-refractivity contribution in [3.63, 3.8) is 0 Å². The molecule has 4 aromatic rings. The number of fused-ring (bicyclic) bond motifs is 2. The highest BCUT2D eigenvalue weighted by Gasteiger charge is 2.21.